The zero-order chi connectivity index (χ0) is 16.6. The Kier molecular flexibility index (Phi) is 4.09. The highest BCUT2D eigenvalue weighted by Gasteiger charge is 2.13. The van der Waals surface area contributed by atoms with Crippen molar-refractivity contribution in [2.75, 3.05) is 0 Å². The Morgan fingerprint density at radius 2 is 1.48 bits per heavy atom. The fraction of sp³-hybridized carbons (Fsp3) is 0.217. The monoisotopic (exact) mass is 300 g/mol. The molecule has 0 spiro atoms. The zero-order valence-electron chi connectivity index (χ0n) is 14.7. The highest BCUT2D eigenvalue weighted by Crippen LogP contribution is 2.37. The summed E-state index contributed by atoms with van der Waals surface area (Å²) in [5, 5.41) is 5.43. The lowest BCUT2D eigenvalue weighted by Crippen LogP contribution is -1.93. The van der Waals surface area contributed by atoms with Crippen molar-refractivity contribution >= 4 is 27.1 Å². The van der Waals surface area contributed by atoms with Crippen molar-refractivity contribution in [1.82, 2.24) is 0 Å². The molecule has 3 aromatic carbocycles. The molecule has 0 unspecified atom stereocenters. The maximum absolute atomic E-state index is 2.32. The van der Waals surface area contributed by atoms with Gasteiger partial charge >= 0.3 is 0 Å². The molecule has 0 fully saturated rings. The lowest BCUT2D eigenvalue weighted by molar-refractivity contribution is 1.45. The summed E-state index contributed by atoms with van der Waals surface area (Å²) < 4.78 is 0. The van der Waals surface area contributed by atoms with Crippen LogP contribution in [-0.2, 0) is 0 Å². The number of hydrogen-bond donors (Lipinski definition) is 0. The van der Waals surface area contributed by atoms with Gasteiger partial charge in [-0.05, 0) is 78.4 Å². The SMILES string of the molecule is C/C=C\C(C)=C(/C)c1c2ccccc2c(C)c2cc(C)ccc12. The van der Waals surface area contributed by atoms with Crippen molar-refractivity contribution in [1.29, 1.82) is 0 Å². The molecule has 0 saturated carbocycles. The van der Waals surface area contributed by atoms with E-state index in [1.807, 2.05) is 0 Å². The molecule has 0 atom stereocenters. The van der Waals surface area contributed by atoms with Gasteiger partial charge in [-0.2, -0.15) is 0 Å². The Bertz CT molecular complexity index is 953. The van der Waals surface area contributed by atoms with E-state index >= 15 is 0 Å². The van der Waals surface area contributed by atoms with Crippen LogP contribution < -0.4 is 0 Å². The molecule has 0 amide bonds. The third-order valence-electron chi connectivity index (χ3n) is 4.83. The van der Waals surface area contributed by atoms with Gasteiger partial charge in [0.15, 0.2) is 0 Å². The van der Waals surface area contributed by atoms with Gasteiger partial charge in [0.05, 0.1) is 0 Å². The number of fused-ring (bicyclic) bond motifs is 2. The average molecular weight is 300 g/mol. The summed E-state index contributed by atoms with van der Waals surface area (Å²) in [6.45, 7) is 10.9. The number of hydrogen-bond acceptors (Lipinski definition) is 0. The first-order valence-corrected chi connectivity index (χ1v) is 8.26. The minimum Gasteiger partial charge on any atom is -0.0874 e. The first-order chi connectivity index (χ1) is 11.0. The van der Waals surface area contributed by atoms with Gasteiger partial charge in [-0.3, -0.25) is 0 Å². The molecule has 23 heavy (non-hydrogen) atoms. The maximum Gasteiger partial charge on any atom is -0.00673 e. The normalized spacial score (nSPS) is 13.1. The molecule has 0 saturated heterocycles. The van der Waals surface area contributed by atoms with E-state index in [4.69, 9.17) is 0 Å². The van der Waals surface area contributed by atoms with Crippen LogP contribution in [0.1, 0.15) is 37.5 Å². The number of allylic oxidation sites excluding steroid dienone is 4. The fourth-order valence-electron chi connectivity index (χ4n) is 3.48. The lowest BCUT2D eigenvalue weighted by atomic mass is 9.87. The maximum atomic E-state index is 2.32. The van der Waals surface area contributed by atoms with Crippen LogP contribution >= 0.6 is 0 Å². The van der Waals surface area contributed by atoms with E-state index in [0.717, 1.165) is 0 Å². The van der Waals surface area contributed by atoms with E-state index in [1.165, 1.54) is 49.4 Å². The molecule has 0 N–H and O–H groups in total. The van der Waals surface area contributed by atoms with Gasteiger partial charge in [-0.1, -0.05) is 60.2 Å². The predicted molar refractivity (Wildman–Crippen MR) is 104 cm³/mol. The van der Waals surface area contributed by atoms with Crippen LogP contribution in [-0.4, -0.2) is 0 Å². The summed E-state index contributed by atoms with van der Waals surface area (Å²) in [6.07, 6.45) is 4.31. The van der Waals surface area contributed by atoms with E-state index in [1.54, 1.807) is 0 Å². The second-order valence-corrected chi connectivity index (χ2v) is 6.40. The highest BCUT2D eigenvalue weighted by atomic mass is 14.2. The second kappa shape index (κ2) is 6.04. The Morgan fingerprint density at radius 3 is 2.17 bits per heavy atom. The molecule has 0 aliphatic heterocycles. The topological polar surface area (TPSA) is 0 Å². The quantitative estimate of drug-likeness (QED) is 0.354. The molecule has 116 valence electrons. The molecular formula is C23H24. The van der Waals surface area contributed by atoms with E-state index in [-0.39, 0.29) is 0 Å². The highest BCUT2D eigenvalue weighted by molar-refractivity contribution is 6.11. The molecule has 0 heterocycles. The van der Waals surface area contributed by atoms with Crippen LogP contribution in [0.4, 0.5) is 0 Å². The second-order valence-electron chi connectivity index (χ2n) is 6.40. The number of rotatable bonds is 2. The third-order valence-corrected chi connectivity index (χ3v) is 4.83. The summed E-state index contributed by atoms with van der Waals surface area (Å²) in [5.74, 6) is 0. The van der Waals surface area contributed by atoms with E-state index in [9.17, 15) is 0 Å². The van der Waals surface area contributed by atoms with Crippen LogP contribution in [0.2, 0.25) is 0 Å². The van der Waals surface area contributed by atoms with E-state index in [0.29, 0.717) is 0 Å². The van der Waals surface area contributed by atoms with Crippen molar-refractivity contribution in [3.63, 3.8) is 0 Å². The van der Waals surface area contributed by atoms with Crippen LogP contribution in [0.15, 0.2) is 60.2 Å². The van der Waals surface area contributed by atoms with Gasteiger partial charge in [0.25, 0.3) is 0 Å². The van der Waals surface area contributed by atoms with Crippen LogP contribution in [0.5, 0.6) is 0 Å². The summed E-state index contributed by atoms with van der Waals surface area (Å²) in [6, 6.07) is 15.6. The van der Waals surface area contributed by atoms with Gasteiger partial charge < -0.3 is 0 Å². The van der Waals surface area contributed by atoms with Gasteiger partial charge in [0.1, 0.15) is 0 Å². The van der Waals surface area contributed by atoms with Crippen molar-refractivity contribution in [3.8, 4) is 0 Å². The van der Waals surface area contributed by atoms with Gasteiger partial charge in [-0.25, -0.2) is 0 Å². The van der Waals surface area contributed by atoms with Crippen LogP contribution in [0, 0.1) is 13.8 Å². The summed E-state index contributed by atoms with van der Waals surface area (Å²) in [4.78, 5) is 0. The molecule has 0 heteroatoms. The Hall–Kier alpha value is -2.34. The summed E-state index contributed by atoms with van der Waals surface area (Å²) in [7, 11) is 0. The van der Waals surface area contributed by atoms with Crippen molar-refractivity contribution in [2.24, 2.45) is 0 Å². The third kappa shape index (κ3) is 2.59. The van der Waals surface area contributed by atoms with Crippen LogP contribution in [0.3, 0.4) is 0 Å². The molecule has 0 nitrogen and oxygen atoms in total. The molecule has 0 aromatic heterocycles. The smallest absolute Gasteiger partial charge is 0.00673 e. The van der Waals surface area contributed by atoms with Crippen molar-refractivity contribution < 1.29 is 0 Å². The number of benzene rings is 3. The van der Waals surface area contributed by atoms with Crippen molar-refractivity contribution in [2.45, 2.75) is 34.6 Å². The largest absolute Gasteiger partial charge is 0.0874 e. The van der Waals surface area contributed by atoms with Gasteiger partial charge in [0.2, 0.25) is 0 Å². The minimum atomic E-state index is 1.31. The predicted octanol–water partition coefficient (Wildman–Crippen LogP) is 6.98. The Morgan fingerprint density at radius 1 is 0.826 bits per heavy atom. The van der Waals surface area contributed by atoms with Crippen molar-refractivity contribution in [3.05, 3.63) is 76.9 Å². The van der Waals surface area contributed by atoms with Gasteiger partial charge in [-0.15, -0.1) is 0 Å². The molecule has 3 aromatic rings. The molecule has 0 bridgehead atoms. The number of aryl methyl sites for hydroxylation is 2. The Labute approximate surface area is 139 Å². The average Bonchev–Trinajstić information content (AvgIpc) is 2.55. The van der Waals surface area contributed by atoms with E-state index < -0.39 is 0 Å². The fourth-order valence-corrected chi connectivity index (χ4v) is 3.48. The summed E-state index contributed by atoms with van der Waals surface area (Å²) in [5.41, 5.74) is 6.74. The first-order valence-electron chi connectivity index (χ1n) is 8.26. The molecule has 0 aliphatic carbocycles. The van der Waals surface area contributed by atoms with Crippen LogP contribution in [0.25, 0.3) is 27.1 Å². The standard InChI is InChI=1S/C23H24/c1-6-9-16(3)17(4)23-20-11-8-7-10-19(20)18(5)22-14-15(2)12-13-21(22)23/h6-14H,1-5H3/b9-6-,17-16+. The molecular weight excluding hydrogens is 276 g/mol. The Balaban J connectivity index is 2.56. The molecule has 3 rings (SSSR count). The molecule has 0 aliphatic rings. The molecule has 0 radical (unpaired) electrons. The minimum absolute atomic E-state index is 1.31. The summed E-state index contributed by atoms with van der Waals surface area (Å²) >= 11 is 0. The first kappa shape index (κ1) is 15.6. The lowest BCUT2D eigenvalue weighted by Gasteiger charge is -2.17. The zero-order valence-corrected chi connectivity index (χ0v) is 14.7. The van der Waals surface area contributed by atoms with E-state index in [2.05, 4.69) is 89.2 Å². The van der Waals surface area contributed by atoms with Gasteiger partial charge in [0, 0.05) is 0 Å².